The SMILES string of the molecule is O=[N+]([O-])[C@H]1C(c2ccccc2Br)C=CN(Cc2cccnc2)[C@@H]1c1ccc(O)c(O)c1. The van der Waals surface area contributed by atoms with Crippen LogP contribution in [0, 0.1) is 10.1 Å². The molecule has 2 heterocycles. The molecule has 3 atom stereocenters. The van der Waals surface area contributed by atoms with Crippen molar-refractivity contribution < 1.29 is 15.1 Å². The van der Waals surface area contributed by atoms with Crippen LogP contribution in [0.2, 0.25) is 0 Å². The maximum atomic E-state index is 12.4. The molecule has 1 aromatic heterocycles. The molecule has 0 fully saturated rings. The van der Waals surface area contributed by atoms with E-state index in [0.717, 1.165) is 15.6 Å². The summed E-state index contributed by atoms with van der Waals surface area (Å²) in [5.74, 6) is -1.07. The van der Waals surface area contributed by atoms with E-state index in [2.05, 4.69) is 20.9 Å². The molecule has 1 aliphatic heterocycles. The van der Waals surface area contributed by atoms with Crippen LogP contribution in [0.4, 0.5) is 0 Å². The molecule has 0 spiro atoms. The fraction of sp³-hybridized carbons (Fsp3) is 0.174. The average molecular weight is 482 g/mol. The zero-order chi connectivity index (χ0) is 22.0. The second kappa shape index (κ2) is 8.77. The van der Waals surface area contributed by atoms with Gasteiger partial charge in [0.2, 0.25) is 6.04 Å². The molecule has 0 radical (unpaired) electrons. The maximum absolute atomic E-state index is 12.4. The summed E-state index contributed by atoms with van der Waals surface area (Å²) in [4.78, 5) is 18.1. The average Bonchev–Trinajstić information content (AvgIpc) is 2.76. The minimum atomic E-state index is -1.02. The number of nitrogens with zero attached hydrogens (tertiary/aromatic N) is 3. The molecule has 8 heteroatoms. The van der Waals surface area contributed by atoms with Crippen molar-refractivity contribution in [2.45, 2.75) is 24.5 Å². The summed E-state index contributed by atoms with van der Waals surface area (Å²) < 4.78 is 0.796. The lowest BCUT2D eigenvalue weighted by Crippen LogP contribution is -2.44. The Bertz CT molecular complexity index is 1120. The zero-order valence-corrected chi connectivity index (χ0v) is 18.0. The summed E-state index contributed by atoms with van der Waals surface area (Å²) >= 11 is 3.52. The second-order valence-electron chi connectivity index (χ2n) is 7.39. The van der Waals surface area contributed by atoms with Gasteiger partial charge in [-0.3, -0.25) is 15.1 Å². The highest BCUT2D eigenvalue weighted by molar-refractivity contribution is 9.10. The standard InChI is InChI=1S/C23H20BrN3O4/c24-19-6-2-1-5-17(19)18-9-11-26(14-15-4-3-10-25-13-15)22(23(18)27(30)31)16-7-8-20(28)21(29)12-16/h1-13,18,22-23,28-29H,14H2/t18?,22-,23+/m1/s1. The number of phenolic OH excluding ortho intramolecular Hbond substituents is 2. The number of benzene rings is 2. The molecule has 4 rings (SSSR count). The van der Waals surface area contributed by atoms with Crippen LogP contribution in [0.1, 0.15) is 28.7 Å². The second-order valence-corrected chi connectivity index (χ2v) is 8.25. The number of hydrogen-bond donors (Lipinski definition) is 2. The van der Waals surface area contributed by atoms with Crippen LogP contribution in [-0.4, -0.2) is 31.1 Å². The van der Waals surface area contributed by atoms with Gasteiger partial charge in [0.25, 0.3) is 0 Å². The Hall–Kier alpha value is -3.39. The van der Waals surface area contributed by atoms with Crippen LogP contribution >= 0.6 is 15.9 Å². The third kappa shape index (κ3) is 4.25. The first kappa shape index (κ1) is 20.9. The molecule has 1 aliphatic rings. The van der Waals surface area contributed by atoms with Crippen LogP contribution < -0.4 is 0 Å². The van der Waals surface area contributed by atoms with Gasteiger partial charge in [-0.1, -0.05) is 52.3 Å². The van der Waals surface area contributed by atoms with Gasteiger partial charge in [-0.2, -0.15) is 0 Å². The summed E-state index contributed by atoms with van der Waals surface area (Å²) in [5, 5.41) is 32.2. The molecule has 31 heavy (non-hydrogen) atoms. The highest BCUT2D eigenvalue weighted by Crippen LogP contribution is 2.43. The summed E-state index contributed by atoms with van der Waals surface area (Å²) in [6, 6.07) is 13.8. The molecule has 0 aliphatic carbocycles. The zero-order valence-electron chi connectivity index (χ0n) is 16.4. The van der Waals surface area contributed by atoms with E-state index in [1.54, 1.807) is 18.5 Å². The molecule has 1 unspecified atom stereocenters. The largest absolute Gasteiger partial charge is 0.504 e. The lowest BCUT2D eigenvalue weighted by molar-refractivity contribution is -0.535. The van der Waals surface area contributed by atoms with Crippen LogP contribution in [0.25, 0.3) is 0 Å². The third-order valence-electron chi connectivity index (χ3n) is 5.47. The molecule has 158 valence electrons. The van der Waals surface area contributed by atoms with Crippen molar-refractivity contribution >= 4 is 15.9 Å². The monoisotopic (exact) mass is 481 g/mol. The highest BCUT2D eigenvalue weighted by Gasteiger charge is 2.45. The summed E-state index contributed by atoms with van der Waals surface area (Å²) in [7, 11) is 0. The smallest absolute Gasteiger partial charge is 0.247 e. The number of nitro groups is 1. The fourth-order valence-electron chi connectivity index (χ4n) is 4.05. The van der Waals surface area contributed by atoms with E-state index in [1.165, 1.54) is 12.1 Å². The minimum absolute atomic E-state index is 0.265. The van der Waals surface area contributed by atoms with Crippen molar-refractivity contribution in [1.82, 2.24) is 9.88 Å². The van der Waals surface area contributed by atoms with Gasteiger partial charge in [-0.25, -0.2) is 0 Å². The van der Waals surface area contributed by atoms with Crippen molar-refractivity contribution in [3.8, 4) is 11.5 Å². The van der Waals surface area contributed by atoms with Gasteiger partial charge >= 0.3 is 0 Å². The molecule has 2 N–H and O–H groups in total. The number of halogens is 1. The Morgan fingerprint density at radius 1 is 1.10 bits per heavy atom. The molecule has 0 saturated heterocycles. The topological polar surface area (TPSA) is 99.7 Å². The van der Waals surface area contributed by atoms with Crippen molar-refractivity contribution in [3.63, 3.8) is 0 Å². The van der Waals surface area contributed by atoms with Crippen molar-refractivity contribution in [3.05, 3.63) is 111 Å². The lowest BCUT2D eigenvalue weighted by atomic mass is 9.81. The normalized spacial score (nSPS) is 20.5. The lowest BCUT2D eigenvalue weighted by Gasteiger charge is -2.39. The first-order valence-electron chi connectivity index (χ1n) is 9.68. The molecular weight excluding hydrogens is 462 g/mol. The van der Waals surface area contributed by atoms with E-state index in [1.807, 2.05) is 53.6 Å². The van der Waals surface area contributed by atoms with Gasteiger partial charge in [-0.15, -0.1) is 0 Å². The Morgan fingerprint density at radius 2 is 1.90 bits per heavy atom. The number of phenols is 2. The van der Waals surface area contributed by atoms with E-state index in [4.69, 9.17) is 0 Å². The molecule has 3 aromatic rings. The van der Waals surface area contributed by atoms with Gasteiger partial charge in [-0.05, 0) is 47.2 Å². The van der Waals surface area contributed by atoms with Crippen molar-refractivity contribution in [1.29, 1.82) is 0 Å². The number of rotatable bonds is 5. The van der Waals surface area contributed by atoms with E-state index >= 15 is 0 Å². The van der Waals surface area contributed by atoms with Crippen molar-refractivity contribution in [2.75, 3.05) is 0 Å². The van der Waals surface area contributed by atoms with Gasteiger partial charge in [0.15, 0.2) is 11.5 Å². The highest BCUT2D eigenvalue weighted by atomic mass is 79.9. The summed E-state index contributed by atoms with van der Waals surface area (Å²) in [5.41, 5.74) is 2.26. The molecule has 2 aromatic carbocycles. The van der Waals surface area contributed by atoms with Crippen LogP contribution in [0.5, 0.6) is 11.5 Å². The van der Waals surface area contributed by atoms with Gasteiger partial charge in [0.1, 0.15) is 6.04 Å². The predicted molar refractivity (Wildman–Crippen MR) is 119 cm³/mol. The maximum Gasteiger partial charge on any atom is 0.247 e. The van der Waals surface area contributed by atoms with Gasteiger partial charge in [0.05, 0.1) is 5.92 Å². The predicted octanol–water partition coefficient (Wildman–Crippen LogP) is 4.76. The van der Waals surface area contributed by atoms with Crippen LogP contribution in [0.3, 0.4) is 0 Å². The Balaban J connectivity index is 1.84. The first-order chi connectivity index (χ1) is 15.0. The number of hydrogen-bond acceptors (Lipinski definition) is 6. The summed E-state index contributed by atoms with van der Waals surface area (Å²) in [6.07, 6.45) is 7.11. The fourth-order valence-corrected chi connectivity index (χ4v) is 4.60. The number of aromatic nitrogens is 1. The number of aromatic hydroxyl groups is 2. The van der Waals surface area contributed by atoms with Crippen molar-refractivity contribution in [2.24, 2.45) is 0 Å². The third-order valence-corrected chi connectivity index (χ3v) is 6.19. The van der Waals surface area contributed by atoms with Crippen LogP contribution in [0.15, 0.2) is 83.7 Å². The van der Waals surface area contributed by atoms with E-state index < -0.39 is 18.0 Å². The summed E-state index contributed by atoms with van der Waals surface area (Å²) in [6.45, 7) is 0.406. The quantitative estimate of drug-likeness (QED) is 0.309. The molecule has 7 nitrogen and oxygen atoms in total. The Labute approximate surface area is 187 Å². The van der Waals surface area contributed by atoms with E-state index in [0.29, 0.717) is 12.1 Å². The molecule has 0 amide bonds. The Kier molecular flexibility index (Phi) is 5.90. The first-order valence-corrected chi connectivity index (χ1v) is 10.5. The van der Waals surface area contributed by atoms with Gasteiger partial charge in [0, 0.05) is 28.3 Å². The van der Waals surface area contributed by atoms with Crippen LogP contribution in [-0.2, 0) is 6.54 Å². The minimum Gasteiger partial charge on any atom is -0.504 e. The van der Waals surface area contributed by atoms with Gasteiger partial charge < -0.3 is 15.1 Å². The molecular formula is C23H20BrN3O4. The number of pyridine rings is 1. The van der Waals surface area contributed by atoms with E-state index in [9.17, 15) is 20.3 Å². The van der Waals surface area contributed by atoms with E-state index in [-0.39, 0.29) is 16.4 Å². The Morgan fingerprint density at radius 3 is 2.58 bits per heavy atom. The molecule has 0 bridgehead atoms. The molecule has 0 saturated carbocycles.